The highest BCUT2D eigenvalue weighted by atomic mass is 79.9. The molecule has 2 aromatic rings. The van der Waals surface area contributed by atoms with Crippen molar-refractivity contribution in [2.45, 2.75) is 11.8 Å². The summed E-state index contributed by atoms with van der Waals surface area (Å²) in [7, 11) is 0. The van der Waals surface area contributed by atoms with E-state index in [-0.39, 0.29) is 17.5 Å². The zero-order chi connectivity index (χ0) is 16.6. The molecule has 0 N–H and O–H groups in total. The highest BCUT2D eigenvalue weighted by molar-refractivity contribution is 9.10. The van der Waals surface area contributed by atoms with Crippen molar-refractivity contribution in [2.24, 2.45) is 5.41 Å². The third kappa shape index (κ3) is 2.38. The minimum absolute atomic E-state index is 0.00546. The lowest BCUT2D eigenvalue weighted by atomic mass is 10.0. The molecule has 23 heavy (non-hydrogen) atoms. The Balaban J connectivity index is 2.00. The van der Waals surface area contributed by atoms with E-state index in [0.29, 0.717) is 0 Å². The van der Waals surface area contributed by atoms with Crippen LogP contribution in [0.1, 0.15) is 23.0 Å². The van der Waals surface area contributed by atoms with Crippen LogP contribution in [0, 0.1) is 38.2 Å². The highest BCUT2D eigenvalue weighted by Gasteiger charge is 2.67. The van der Waals surface area contributed by atoms with Crippen molar-refractivity contribution in [2.75, 3.05) is 0 Å². The SMILES string of the molecule is N#CC1(C#N)[C@@H](c2ccc(Br)cc2)[C@@H]1c1ccc([N+](=O)[O-])cc1. The fourth-order valence-corrected chi connectivity index (χ4v) is 3.34. The summed E-state index contributed by atoms with van der Waals surface area (Å²) in [4.78, 5) is 10.3. The van der Waals surface area contributed by atoms with Crippen molar-refractivity contribution in [3.8, 4) is 12.1 Å². The van der Waals surface area contributed by atoms with Crippen LogP contribution >= 0.6 is 15.9 Å². The largest absolute Gasteiger partial charge is 0.269 e. The van der Waals surface area contributed by atoms with Crippen LogP contribution < -0.4 is 0 Å². The van der Waals surface area contributed by atoms with Crippen LogP contribution in [0.25, 0.3) is 0 Å². The van der Waals surface area contributed by atoms with E-state index >= 15 is 0 Å². The molecule has 0 radical (unpaired) electrons. The monoisotopic (exact) mass is 367 g/mol. The summed E-state index contributed by atoms with van der Waals surface area (Å²) < 4.78 is 0.924. The van der Waals surface area contributed by atoms with Gasteiger partial charge in [-0.2, -0.15) is 10.5 Å². The fraction of sp³-hybridized carbons (Fsp3) is 0.176. The van der Waals surface area contributed by atoms with E-state index in [4.69, 9.17) is 0 Å². The number of nitrogens with zero attached hydrogens (tertiary/aromatic N) is 3. The molecule has 0 heterocycles. The molecule has 0 amide bonds. The predicted molar refractivity (Wildman–Crippen MR) is 86.4 cm³/mol. The molecule has 5 nitrogen and oxygen atoms in total. The molecule has 0 spiro atoms. The maximum Gasteiger partial charge on any atom is 0.269 e. The first-order chi connectivity index (χ1) is 11.0. The number of nitro groups is 1. The van der Waals surface area contributed by atoms with Crippen LogP contribution in [0.15, 0.2) is 53.0 Å². The first kappa shape index (κ1) is 15.2. The Hall–Kier alpha value is -2.70. The molecule has 2 atom stereocenters. The van der Waals surface area contributed by atoms with Crippen LogP contribution in [0.4, 0.5) is 5.69 Å². The van der Waals surface area contributed by atoms with Gasteiger partial charge >= 0.3 is 0 Å². The first-order valence-electron chi connectivity index (χ1n) is 6.86. The molecule has 6 heteroatoms. The number of hydrogen-bond donors (Lipinski definition) is 0. The van der Waals surface area contributed by atoms with Crippen LogP contribution in [0.2, 0.25) is 0 Å². The van der Waals surface area contributed by atoms with E-state index in [1.165, 1.54) is 12.1 Å². The average molecular weight is 368 g/mol. The van der Waals surface area contributed by atoms with E-state index in [9.17, 15) is 20.6 Å². The van der Waals surface area contributed by atoms with Gasteiger partial charge in [-0.05, 0) is 23.3 Å². The molecule has 0 saturated heterocycles. The molecular weight excluding hydrogens is 358 g/mol. The van der Waals surface area contributed by atoms with Gasteiger partial charge in [0.05, 0.1) is 17.1 Å². The molecule has 0 aliphatic heterocycles. The number of benzene rings is 2. The van der Waals surface area contributed by atoms with Crippen LogP contribution in [-0.2, 0) is 0 Å². The van der Waals surface area contributed by atoms with E-state index in [0.717, 1.165) is 15.6 Å². The van der Waals surface area contributed by atoms with Gasteiger partial charge in [0, 0.05) is 28.4 Å². The summed E-state index contributed by atoms with van der Waals surface area (Å²) in [5.41, 5.74) is 0.560. The molecule has 1 aliphatic carbocycles. The van der Waals surface area contributed by atoms with Gasteiger partial charge in [0.1, 0.15) is 0 Å². The third-order valence-corrected chi connectivity index (χ3v) is 4.80. The van der Waals surface area contributed by atoms with Crippen LogP contribution in [0.3, 0.4) is 0 Å². The molecule has 2 aromatic carbocycles. The Morgan fingerprint density at radius 1 is 0.957 bits per heavy atom. The normalized spacial score (nSPS) is 21.0. The molecule has 1 fully saturated rings. The molecule has 0 bridgehead atoms. The maximum atomic E-state index is 10.8. The second-order valence-electron chi connectivity index (χ2n) is 5.45. The van der Waals surface area contributed by atoms with Gasteiger partial charge in [0.15, 0.2) is 5.41 Å². The van der Waals surface area contributed by atoms with Gasteiger partial charge in [0.2, 0.25) is 0 Å². The number of halogens is 1. The predicted octanol–water partition coefficient (Wildman–Crippen LogP) is 4.27. The molecule has 0 aromatic heterocycles. The average Bonchev–Trinajstić information content (AvgIpc) is 3.25. The number of nitro benzene ring substituents is 1. The summed E-state index contributed by atoms with van der Waals surface area (Å²) in [6.45, 7) is 0. The van der Waals surface area contributed by atoms with E-state index in [1.54, 1.807) is 12.1 Å². The lowest BCUT2D eigenvalue weighted by molar-refractivity contribution is -0.384. The molecule has 112 valence electrons. The lowest BCUT2D eigenvalue weighted by Crippen LogP contribution is -1.97. The second-order valence-corrected chi connectivity index (χ2v) is 6.36. The summed E-state index contributed by atoms with van der Waals surface area (Å²) in [6.07, 6.45) is 0. The highest BCUT2D eigenvalue weighted by Crippen LogP contribution is 2.69. The third-order valence-electron chi connectivity index (χ3n) is 4.27. The maximum absolute atomic E-state index is 10.8. The summed E-state index contributed by atoms with van der Waals surface area (Å²) >= 11 is 3.37. The summed E-state index contributed by atoms with van der Waals surface area (Å²) in [6, 6.07) is 17.9. The van der Waals surface area contributed by atoms with Crippen molar-refractivity contribution >= 4 is 21.6 Å². The van der Waals surface area contributed by atoms with Crippen molar-refractivity contribution < 1.29 is 4.92 Å². The number of hydrogen-bond acceptors (Lipinski definition) is 4. The van der Waals surface area contributed by atoms with Crippen molar-refractivity contribution in [1.29, 1.82) is 10.5 Å². The van der Waals surface area contributed by atoms with Gasteiger partial charge < -0.3 is 0 Å². The Bertz CT molecular complexity index is 833. The first-order valence-corrected chi connectivity index (χ1v) is 7.65. The van der Waals surface area contributed by atoms with E-state index < -0.39 is 10.3 Å². The minimum atomic E-state index is -1.12. The Morgan fingerprint density at radius 2 is 1.39 bits per heavy atom. The Kier molecular flexibility index (Phi) is 3.63. The summed E-state index contributed by atoms with van der Waals surface area (Å²) in [5.74, 6) is -0.508. The van der Waals surface area contributed by atoms with Crippen LogP contribution in [0.5, 0.6) is 0 Å². The van der Waals surface area contributed by atoms with Gasteiger partial charge in [-0.25, -0.2) is 0 Å². The standard InChI is InChI=1S/C17H10BrN3O2/c18-13-5-1-11(2-6-13)15-16(17(15,9-19)10-20)12-3-7-14(8-4-12)21(22)23/h1-8,15-16H/t15-,16-/m0/s1. The fourth-order valence-electron chi connectivity index (χ4n) is 3.08. The molecule has 1 aliphatic rings. The molecular formula is C17H10BrN3O2. The quantitative estimate of drug-likeness (QED) is 0.598. The Morgan fingerprint density at radius 3 is 1.78 bits per heavy atom. The zero-order valence-electron chi connectivity index (χ0n) is 11.8. The topological polar surface area (TPSA) is 90.7 Å². The van der Waals surface area contributed by atoms with Crippen molar-refractivity contribution in [3.63, 3.8) is 0 Å². The number of nitriles is 2. The summed E-state index contributed by atoms with van der Waals surface area (Å²) in [5, 5.41) is 29.8. The minimum Gasteiger partial charge on any atom is -0.258 e. The number of rotatable bonds is 3. The zero-order valence-corrected chi connectivity index (χ0v) is 13.4. The molecule has 3 rings (SSSR count). The van der Waals surface area contributed by atoms with E-state index in [2.05, 4.69) is 28.1 Å². The van der Waals surface area contributed by atoms with Gasteiger partial charge in [-0.15, -0.1) is 0 Å². The second kappa shape index (κ2) is 5.49. The van der Waals surface area contributed by atoms with Crippen molar-refractivity contribution in [1.82, 2.24) is 0 Å². The molecule has 0 unspecified atom stereocenters. The Labute approximate surface area is 141 Å². The van der Waals surface area contributed by atoms with Crippen molar-refractivity contribution in [3.05, 3.63) is 74.2 Å². The van der Waals surface area contributed by atoms with Gasteiger partial charge in [-0.1, -0.05) is 40.2 Å². The lowest BCUT2D eigenvalue weighted by Gasteiger charge is -2.00. The number of non-ortho nitro benzene ring substituents is 1. The molecule has 1 saturated carbocycles. The van der Waals surface area contributed by atoms with E-state index in [1.807, 2.05) is 24.3 Å². The van der Waals surface area contributed by atoms with Gasteiger partial charge in [-0.3, -0.25) is 10.1 Å². The smallest absolute Gasteiger partial charge is 0.258 e. The van der Waals surface area contributed by atoms with Crippen LogP contribution in [-0.4, -0.2) is 4.92 Å². The van der Waals surface area contributed by atoms with Gasteiger partial charge in [0.25, 0.3) is 5.69 Å².